The third-order valence-corrected chi connectivity index (χ3v) is 1.37. The zero-order chi connectivity index (χ0) is 7.40. The third-order valence-electron chi connectivity index (χ3n) is 1.37. The van der Waals surface area contributed by atoms with Gasteiger partial charge >= 0.3 is 0 Å². The predicted octanol–water partition coefficient (Wildman–Crippen LogP) is 0.609. The molecule has 10 heavy (non-hydrogen) atoms. The fourth-order valence-corrected chi connectivity index (χ4v) is 0.863. The van der Waals surface area contributed by atoms with Gasteiger partial charge in [-0.25, -0.2) is 4.98 Å². The number of nitrogens with zero attached hydrogens (tertiary/aromatic N) is 1. The van der Waals surface area contributed by atoms with Crippen LogP contribution in [0.1, 0.15) is 17.9 Å². The second-order valence-electron chi connectivity index (χ2n) is 2.41. The van der Waals surface area contributed by atoms with Gasteiger partial charge in [0.25, 0.3) is 0 Å². The highest BCUT2D eigenvalue weighted by Gasteiger charge is 1.94. The molecule has 0 amide bonds. The molecule has 1 aromatic rings. The number of nitrogens with two attached hydrogens (primary N) is 1. The molecular formula is C7H13N3. The van der Waals surface area contributed by atoms with Gasteiger partial charge in [0, 0.05) is 18.3 Å². The van der Waals surface area contributed by atoms with Crippen molar-refractivity contribution in [3.8, 4) is 0 Å². The number of nitrogens with one attached hydrogen (secondary N) is 1. The van der Waals surface area contributed by atoms with Crippen LogP contribution in [0.2, 0.25) is 0 Å². The van der Waals surface area contributed by atoms with E-state index in [-0.39, 0.29) is 0 Å². The van der Waals surface area contributed by atoms with Gasteiger partial charge in [-0.15, -0.1) is 0 Å². The van der Waals surface area contributed by atoms with Gasteiger partial charge in [-0.1, -0.05) is 0 Å². The first-order valence-corrected chi connectivity index (χ1v) is 3.53. The van der Waals surface area contributed by atoms with Crippen LogP contribution < -0.4 is 5.73 Å². The number of rotatable bonds is 3. The summed E-state index contributed by atoms with van der Waals surface area (Å²) in [4.78, 5) is 7.29. The van der Waals surface area contributed by atoms with E-state index < -0.39 is 0 Å². The molecule has 0 saturated carbocycles. The number of aromatic nitrogens is 2. The number of hydrogen-bond donors (Lipinski definition) is 2. The van der Waals surface area contributed by atoms with E-state index in [0.29, 0.717) is 0 Å². The molecule has 0 atom stereocenters. The summed E-state index contributed by atoms with van der Waals surface area (Å²) in [5, 5.41) is 0. The highest BCUT2D eigenvalue weighted by Crippen LogP contribution is 1.96. The molecule has 0 aliphatic rings. The Labute approximate surface area is 60.7 Å². The fraction of sp³-hybridized carbons (Fsp3) is 0.571. The summed E-state index contributed by atoms with van der Waals surface area (Å²) in [5.74, 6) is 1.04. The first kappa shape index (κ1) is 7.28. The molecule has 0 saturated heterocycles. The molecule has 1 rings (SSSR count). The van der Waals surface area contributed by atoms with Gasteiger partial charge < -0.3 is 10.7 Å². The van der Waals surface area contributed by atoms with Crippen LogP contribution in [0.3, 0.4) is 0 Å². The summed E-state index contributed by atoms with van der Waals surface area (Å²) in [5.41, 5.74) is 6.46. The van der Waals surface area contributed by atoms with E-state index in [1.54, 1.807) is 0 Å². The first-order chi connectivity index (χ1) is 4.83. The summed E-state index contributed by atoms with van der Waals surface area (Å²) < 4.78 is 0. The van der Waals surface area contributed by atoms with Crippen LogP contribution in [0.15, 0.2) is 6.20 Å². The normalized spacial score (nSPS) is 10.2. The van der Waals surface area contributed by atoms with Crippen molar-refractivity contribution in [2.45, 2.75) is 19.8 Å². The summed E-state index contributed by atoms with van der Waals surface area (Å²) in [6.45, 7) is 2.73. The van der Waals surface area contributed by atoms with Crippen molar-refractivity contribution >= 4 is 0 Å². The van der Waals surface area contributed by atoms with Crippen molar-refractivity contribution in [2.24, 2.45) is 5.73 Å². The average molecular weight is 139 g/mol. The lowest BCUT2D eigenvalue weighted by Crippen LogP contribution is -2.01. The van der Waals surface area contributed by atoms with E-state index in [9.17, 15) is 0 Å². The van der Waals surface area contributed by atoms with Gasteiger partial charge in [-0.2, -0.15) is 0 Å². The van der Waals surface area contributed by atoms with Crippen molar-refractivity contribution in [3.63, 3.8) is 0 Å². The maximum absolute atomic E-state index is 5.34. The standard InChI is InChI=1S/C7H13N3/c1-6-5-9-7(10-6)3-2-4-8/h5H,2-4,8H2,1H3,(H,9,10). The van der Waals surface area contributed by atoms with E-state index in [1.807, 2.05) is 13.1 Å². The molecule has 0 spiro atoms. The average Bonchev–Trinajstić information content (AvgIpc) is 2.31. The minimum Gasteiger partial charge on any atom is -0.346 e. The maximum Gasteiger partial charge on any atom is 0.106 e. The molecule has 3 nitrogen and oxygen atoms in total. The molecule has 3 heteroatoms. The molecule has 0 aliphatic heterocycles. The number of imidazole rings is 1. The highest BCUT2D eigenvalue weighted by atomic mass is 14.9. The second-order valence-corrected chi connectivity index (χ2v) is 2.41. The van der Waals surface area contributed by atoms with Gasteiger partial charge in [0.1, 0.15) is 5.82 Å². The molecule has 0 unspecified atom stereocenters. The Hall–Kier alpha value is -0.830. The highest BCUT2D eigenvalue weighted by molar-refractivity contribution is 4.98. The van der Waals surface area contributed by atoms with Crippen LogP contribution in [0.4, 0.5) is 0 Å². The third kappa shape index (κ3) is 1.84. The van der Waals surface area contributed by atoms with Crippen molar-refractivity contribution in [3.05, 3.63) is 17.7 Å². The van der Waals surface area contributed by atoms with Gasteiger partial charge in [0.15, 0.2) is 0 Å². The van der Waals surface area contributed by atoms with Crippen molar-refractivity contribution in [1.29, 1.82) is 0 Å². The first-order valence-electron chi connectivity index (χ1n) is 3.53. The van der Waals surface area contributed by atoms with Crippen molar-refractivity contribution in [1.82, 2.24) is 9.97 Å². The second kappa shape index (κ2) is 3.37. The Morgan fingerprint density at radius 2 is 2.50 bits per heavy atom. The molecule has 0 bridgehead atoms. The number of aryl methyl sites for hydroxylation is 2. The van der Waals surface area contributed by atoms with Crippen LogP contribution in [0.5, 0.6) is 0 Å². The molecule has 0 aromatic carbocycles. The number of H-pyrrole nitrogens is 1. The summed E-state index contributed by atoms with van der Waals surface area (Å²) in [6.07, 6.45) is 3.81. The Bertz CT molecular complexity index is 192. The molecule has 56 valence electrons. The van der Waals surface area contributed by atoms with E-state index >= 15 is 0 Å². The Balaban J connectivity index is 2.42. The minimum absolute atomic E-state index is 0.736. The zero-order valence-corrected chi connectivity index (χ0v) is 6.22. The smallest absolute Gasteiger partial charge is 0.106 e. The van der Waals surface area contributed by atoms with Gasteiger partial charge in [0.05, 0.1) is 0 Å². The Kier molecular flexibility index (Phi) is 2.45. The predicted molar refractivity (Wildman–Crippen MR) is 40.7 cm³/mol. The fourth-order valence-electron chi connectivity index (χ4n) is 0.863. The van der Waals surface area contributed by atoms with Gasteiger partial charge in [-0.05, 0) is 19.9 Å². The lowest BCUT2D eigenvalue weighted by atomic mass is 10.3. The molecule has 0 radical (unpaired) electrons. The molecule has 1 heterocycles. The molecular weight excluding hydrogens is 126 g/mol. The van der Waals surface area contributed by atoms with Crippen LogP contribution >= 0.6 is 0 Å². The van der Waals surface area contributed by atoms with Crippen LogP contribution in [-0.4, -0.2) is 16.5 Å². The van der Waals surface area contributed by atoms with Gasteiger partial charge in [0.2, 0.25) is 0 Å². The SMILES string of the molecule is Cc1cnc(CCCN)[nH]1. The Morgan fingerprint density at radius 3 is 3.00 bits per heavy atom. The van der Waals surface area contributed by atoms with E-state index in [0.717, 1.165) is 30.9 Å². The van der Waals surface area contributed by atoms with Crippen LogP contribution in [0.25, 0.3) is 0 Å². The zero-order valence-electron chi connectivity index (χ0n) is 6.22. The molecule has 3 N–H and O–H groups in total. The minimum atomic E-state index is 0.736. The van der Waals surface area contributed by atoms with Gasteiger partial charge in [-0.3, -0.25) is 0 Å². The van der Waals surface area contributed by atoms with E-state index in [2.05, 4.69) is 9.97 Å². The van der Waals surface area contributed by atoms with E-state index in [4.69, 9.17) is 5.73 Å². The largest absolute Gasteiger partial charge is 0.346 e. The quantitative estimate of drug-likeness (QED) is 0.644. The summed E-state index contributed by atoms with van der Waals surface area (Å²) in [6, 6.07) is 0. The van der Waals surface area contributed by atoms with Crippen molar-refractivity contribution in [2.75, 3.05) is 6.54 Å². The summed E-state index contributed by atoms with van der Waals surface area (Å²) in [7, 11) is 0. The van der Waals surface area contributed by atoms with Crippen LogP contribution in [-0.2, 0) is 6.42 Å². The van der Waals surface area contributed by atoms with Crippen LogP contribution in [0, 0.1) is 6.92 Å². The monoisotopic (exact) mass is 139 g/mol. The van der Waals surface area contributed by atoms with Crippen molar-refractivity contribution < 1.29 is 0 Å². The van der Waals surface area contributed by atoms with E-state index in [1.165, 1.54) is 0 Å². The lowest BCUT2D eigenvalue weighted by Gasteiger charge is -1.91. The Morgan fingerprint density at radius 1 is 1.70 bits per heavy atom. The maximum atomic E-state index is 5.34. The molecule has 1 aromatic heterocycles. The summed E-state index contributed by atoms with van der Waals surface area (Å²) >= 11 is 0. The molecule has 0 fully saturated rings. The topological polar surface area (TPSA) is 54.7 Å². The number of hydrogen-bond acceptors (Lipinski definition) is 2. The molecule has 0 aliphatic carbocycles. The number of aromatic amines is 1. The lowest BCUT2D eigenvalue weighted by molar-refractivity contribution is 0.792.